The zero-order chi connectivity index (χ0) is 16.8. The molecule has 1 aromatic carbocycles. The molecule has 120 valence electrons. The van der Waals surface area contributed by atoms with Crippen molar-refractivity contribution in [2.24, 2.45) is 5.73 Å². The summed E-state index contributed by atoms with van der Waals surface area (Å²) in [5.74, 6) is 3.39. The van der Waals surface area contributed by atoms with E-state index in [0.717, 1.165) is 16.5 Å². The van der Waals surface area contributed by atoms with Gasteiger partial charge >= 0.3 is 0 Å². The van der Waals surface area contributed by atoms with Gasteiger partial charge < -0.3 is 10.7 Å². The fourth-order valence-electron chi connectivity index (χ4n) is 2.48. The molecule has 5 nitrogen and oxygen atoms in total. The highest BCUT2D eigenvalue weighted by Crippen LogP contribution is 2.32. The van der Waals surface area contributed by atoms with Gasteiger partial charge in [0.25, 0.3) is 5.91 Å². The molecule has 7 heteroatoms. The molecule has 0 aliphatic heterocycles. The van der Waals surface area contributed by atoms with E-state index in [1.54, 1.807) is 17.4 Å². The molecule has 0 radical (unpaired) electrons. The first-order valence-electron chi connectivity index (χ1n) is 6.89. The molecule has 3 aromatic rings. The Kier molecular flexibility index (Phi) is 3.69. The van der Waals surface area contributed by atoms with Crippen molar-refractivity contribution in [3.63, 3.8) is 0 Å². The first kappa shape index (κ1) is 15.6. The van der Waals surface area contributed by atoms with E-state index in [4.69, 9.17) is 5.73 Å². The van der Waals surface area contributed by atoms with Crippen molar-refractivity contribution in [2.45, 2.75) is 11.1 Å². The summed E-state index contributed by atoms with van der Waals surface area (Å²) < 4.78 is 15.5. The van der Waals surface area contributed by atoms with Crippen LogP contribution < -0.4 is 10.0 Å². The fraction of sp³-hybridized carbons (Fsp3) is 0.125. The van der Waals surface area contributed by atoms with Gasteiger partial charge in [0, 0.05) is 12.4 Å². The standard InChI is InChI=1S/C16H17N3O2S2/c1-10-6-7-13(15-11(10)9-12(18-15)16(17)20)19(2)23(3,21)14-5-4-8-22-14/h4-9,18H,3H2,1-2H3,(H2,17,20). The number of anilines is 1. The third kappa shape index (κ3) is 2.51. The van der Waals surface area contributed by atoms with Crippen LogP contribution in [0, 0.1) is 6.92 Å². The van der Waals surface area contributed by atoms with E-state index in [0.29, 0.717) is 15.6 Å². The molecule has 0 saturated heterocycles. The molecule has 0 spiro atoms. The number of amides is 1. The number of rotatable bonds is 4. The van der Waals surface area contributed by atoms with Gasteiger partial charge in [0.1, 0.15) is 9.90 Å². The average molecular weight is 347 g/mol. The highest BCUT2D eigenvalue weighted by Gasteiger charge is 2.20. The van der Waals surface area contributed by atoms with Gasteiger partial charge in [-0.3, -0.25) is 9.10 Å². The summed E-state index contributed by atoms with van der Waals surface area (Å²) in [6.45, 7) is 1.95. The lowest BCUT2D eigenvalue weighted by atomic mass is 10.1. The minimum Gasteiger partial charge on any atom is -0.364 e. The molecule has 2 aromatic heterocycles. The molecule has 2 heterocycles. The zero-order valence-electron chi connectivity index (χ0n) is 12.8. The highest BCUT2D eigenvalue weighted by atomic mass is 32.2. The Morgan fingerprint density at radius 2 is 2.13 bits per heavy atom. The summed E-state index contributed by atoms with van der Waals surface area (Å²) in [4.78, 5) is 14.5. The predicted molar refractivity (Wildman–Crippen MR) is 97.8 cm³/mol. The second kappa shape index (κ2) is 5.43. The third-order valence-electron chi connectivity index (χ3n) is 3.85. The number of fused-ring (bicyclic) bond motifs is 1. The maximum absolute atomic E-state index is 13.1. The Bertz CT molecular complexity index is 986. The summed E-state index contributed by atoms with van der Waals surface area (Å²) in [6, 6.07) is 9.18. The minimum atomic E-state index is -2.65. The van der Waals surface area contributed by atoms with Gasteiger partial charge in [0.2, 0.25) is 0 Å². The molecule has 0 bridgehead atoms. The van der Waals surface area contributed by atoms with Gasteiger partial charge in [-0.25, -0.2) is 4.21 Å². The maximum atomic E-state index is 13.1. The van der Waals surface area contributed by atoms with Crippen LogP contribution in [0.1, 0.15) is 16.1 Å². The largest absolute Gasteiger partial charge is 0.364 e. The lowest BCUT2D eigenvalue weighted by Crippen LogP contribution is -2.25. The normalized spacial score (nSPS) is 13.8. The van der Waals surface area contributed by atoms with Gasteiger partial charge in [-0.2, -0.15) is 0 Å². The second-order valence-electron chi connectivity index (χ2n) is 5.31. The quantitative estimate of drug-likeness (QED) is 0.712. The summed E-state index contributed by atoms with van der Waals surface area (Å²) in [5.41, 5.74) is 8.15. The number of primary amides is 1. The van der Waals surface area contributed by atoms with Crippen molar-refractivity contribution in [3.8, 4) is 0 Å². The van der Waals surface area contributed by atoms with Crippen LogP contribution in [0.3, 0.4) is 0 Å². The number of aromatic amines is 1. The predicted octanol–water partition coefficient (Wildman–Crippen LogP) is 2.76. The van der Waals surface area contributed by atoms with Crippen molar-refractivity contribution in [3.05, 3.63) is 47.0 Å². The van der Waals surface area contributed by atoms with Crippen LogP contribution >= 0.6 is 11.3 Å². The van der Waals surface area contributed by atoms with Crippen LogP contribution in [0.2, 0.25) is 0 Å². The number of carbonyl (C=O) groups is 1. The average Bonchev–Trinajstić information content (AvgIpc) is 3.17. The van der Waals surface area contributed by atoms with Gasteiger partial charge in [-0.15, -0.1) is 11.3 Å². The Hall–Kier alpha value is -2.25. The Morgan fingerprint density at radius 3 is 2.74 bits per heavy atom. The van der Waals surface area contributed by atoms with E-state index >= 15 is 0 Å². The number of hydrogen-bond donors (Lipinski definition) is 2. The number of hydrogen-bond acceptors (Lipinski definition) is 3. The first-order valence-corrected chi connectivity index (χ1v) is 9.45. The van der Waals surface area contributed by atoms with Crippen LogP contribution in [-0.2, 0) is 9.71 Å². The number of nitrogens with zero attached hydrogens (tertiary/aromatic N) is 1. The lowest BCUT2D eigenvalue weighted by molar-refractivity contribution is 0.0996. The molecule has 1 unspecified atom stereocenters. The number of aromatic nitrogens is 1. The Labute approximate surface area is 138 Å². The lowest BCUT2D eigenvalue weighted by Gasteiger charge is -2.24. The number of nitrogens with two attached hydrogens (primary N) is 1. The summed E-state index contributed by atoms with van der Waals surface area (Å²) in [6.07, 6.45) is 0. The van der Waals surface area contributed by atoms with Crippen molar-refractivity contribution in [1.82, 2.24) is 4.98 Å². The topological polar surface area (TPSA) is 79.2 Å². The van der Waals surface area contributed by atoms with E-state index in [1.807, 2.05) is 36.6 Å². The molecule has 0 aliphatic rings. The first-order chi connectivity index (χ1) is 10.8. The van der Waals surface area contributed by atoms with Crippen LogP contribution in [0.25, 0.3) is 10.9 Å². The molecule has 3 N–H and O–H groups in total. The molecule has 3 rings (SSSR count). The number of aryl methyl sites for hydroxylation is 1. The minimum absolute atomic E-state index is 0.329. The monoisotopic (exact) mass is 347 g/mol. The van der Waals surface area contributed by atoms with Crippen LogP contribution in [-0.4, -0.2) is 28.0 Å². The summed E-state index contributed by atoms with van der Waals surface area (Å²) >= 11 is 1.41. The molecule has 23 heavy (non-hydrogen) atoms. The van der Waals surface area contributed by atoms with Gasteiger partial charge in [-0.1, -0.05) is 12.1 Å². The molecular formula is C16H17N3O2S2. The van der Waals surface area contributed by atoms with Crippen LogP contribution in [0.15, 0.2) is 39.9 Å². The number of thiophene rings is 1. The molecule has 0 saturated carbocycles. The maximum Gasteiger partial charge on any atom is 0.265 e. The summed E-state index contributed by atoms with van der Waals surface area (Å²) in [7, 11) is -0.908. The van der Waals surface area contributed by atoms with E-state index < -0.39 is 15.6 Å². The molecule has 1 atom stereocenters. The molecule has 0 aliphatic carbocycles. The van der Waals surface area contributed by atoms with E-state index in [2.05, 4.69) is 10.9 Å². The number of nitrogens with one attached hydrogen (secondary N) is 1. The molecular weight excluding hydrogens is 330 g/mol. The second-order valence-corrected chi connectivity index (χ2v) is 8.78. The summed E-state index contributed by atoms with van der Waals surface area (Å²) in [5, 5.41) is 2.75. The number of carbonyl (C=O) groups excluding carboxylic acids is 1. The zero-order valence-corrected chi connectivity index (χ0v) is 14.5. The Morgan fingerprint density at radius 1 is 1.39 bits per heavy atom. The van der Waals surface area contributed by atoms with Gasteiger partial charge in [-0.05, 0) is 41.9 Å². The van der Waals surface area contributed by atoms with Crippen molar-refractivity contribution >= 4 is 49.4 Å². The van der Waals surface area contributed by atoms with Crippen molar-refractivity contribution in [2.75, 3.05) is 11.4 Å². The van der Waals surface area contributed by atoms with Gasteiger partial charge in [0.05, 0.1) is 20.9 Å². The van der Waals surface area contributed by atoms with Crippen LogP contribution in [0.5, 0.6) is 0 Å². The van der Waals surface area contributed by atoms with E-state index in [-0.39, 0.29) is 0 Å². The molecule has 1 amide bonds. The van der Waals surface area contributed by atoms with Crippen molar-refractivity contribution < 1.29 is 9.00 Å². The van der Waals surface area contributed by atoms with Crippen molar-refractivity contribution in [1.29, 1.82) is 0 Å². The SMILES string of the molecule is C=S(=O)(c1cccs1)N(C)c1ccc(C)c2cc(C(N)=O)[nH]c12. The smallest absolute Gasteiger partial charge is 0.265 e. The van der Waals surface area contributed by atoms with Crippen LogP contribution in [0.4, 0.5) is 5.69 Å². The van der Waals surface area contributed by atoms with Gasteiger partial charge in [0.15, 0.2) is 0 Å². The number of benzene rings is 1. The molecule has 0 fully saturated rings. The third-order valence-corrected chi connectivity index (χ3v) is 7.42. The fourth-order valence-corrected chi connectivity index (χ4v) is 5.06. The highest BCUT2D eigenvalue weighted by molar-refractivity contribution is 8.03. The number of H-pyrrole nitrogens is 1. The van der Waals surface area contributed by atoms with E-state index in [9.17, 15) is 9.00 Å². The van der Waals surface area contributed by atoms with E-state index in [1.165, 1.54) is 11.3 Å². The Balaban J connectivity index is 2.20.